The Morgan fingerprint density at radius 3 is 2.47 bits per heavy atom. The van der Waals surface area contributed by atoms with E-state index in [9.17, 15) is 4.79 Å². The molecule has 3 heteroatoms. The highest BCUT2D eigenvalue weighted by molar-refractivity contribution is 5.77. The molecule has 106 valence electrons. The van der Waals surface area contributed by atoms with Crippen LogP contribution >= 0.6 is 0 Å². The third-order valence-corrected chi connectivity index (χ3v) is 3.37. The number of hydrogen-bond donors (Lipinski definition) is 1. The average Bonchev–Trinajstić information content (AvgIpc) is 2.48. The second kappa shape index (κ2) is 8.70. The first kappa shape index (κ1) is 15.7. The molecule has 1 N–H and O–H groups in total. The molecule has 0 amide bonds. The zero-order chi connectivity index (χ0) is 14.1. The van der Waals surface area contributed by atoms with Crippen molar-refractivity contribution in [3.63, 3.8) is 0 Å². The monoisotopic (exact) mass is 263 g/mol. The molecule has 0 bridgehead atoms. The number of hydrogen-bond acceptors (Lipinski definition) is 3. The van der Waals surface area contributed by atoms with Gasteiger partial charge in [-0.15, -0.1) is 0 Å². The van der Waals surface area contributed by atoms with Crippen LogP contribution in [-0.2, 0) is 9.53 Å². The summed E-state index contributed by atoms with van der Waals surface area (Å²) in [6.45, 7) is 4.33. The fraction of sp³-hybridized carbons (Fsp3) is 0.562. The highest BCUT2D eigenvalue weighted by Gasteiger charge is 2.23. The van der Waals surface area contributed by atoms with Crippen LogP contribution in [-0.4, -0.2) is 19.1 Å². The van der Waals surface area contributed by atoms with Crippen LogP contribution in [0.4, 0.5) is 0 Å². The van der Waals surface area contributed by atoms with Crippen molar-refractivity contribution in [1.29, 1.82) is 0 Å². The summed E-state index contributed by atoms with van der Waals surface area (Å²) in [5.41, 5.74) is 0.962. The molecule has 2 atom stereocenters. The van der Waals surface area contributed by atoms with E-state index in [0.717, 1.165) is 18.4 Å². The lowest BCUT2D eigenvalue weighted by atomic mass is 10.0. The van der Waals surface area contributed by atoms with E-state index < -0.39 is 0 Å². The molecule has 0 heterocycles. The van der Waals surface area contributed by atoms with Gasteiger partial charge in [-0.05, 0) is 18.4 Å². The lowest BCUT2D eigenvalue weighted by Gasteiger charge is -2.23. The molecule has 19 heavy (non-hydrogen) atoms. The minimum absolute atomic E-state index is 0.221. The normalized spacial score (nSPS) is 13.8. The zero-order valence-electron chi connectivity index (χ0n) is 12.2. The van der Waals surface area contributed by atoms with Crippen molar-refractivity contribution in [3.8, 4) is 0 Å². The van der Waals surface area contributed by atoms with Crippen molar-refractivity contribution in [2.75, 3.05) is 7.11 Å². The Morgan fingerprint density at radius 1 is 1.26 bits per heavy atom. The topological polar surface area (TPSA) is 38.3 Å². The first-order chi connectivity index (χ1) is 9.22. The molecule has 0 aliphatic heterocycles. The second-order valence-corrected chi connectivity index (χ2v) is 4.78. The maximum absolute atomic E-state index is 12.0. The Labute approximate surface area is 116 Å². The van der Waals surface area contributed by atoms with Crippen molar-refractivity contribution in [2.24, 2.45) is 0 Å². The number of methoxy groups -OCH3 is 1. The number of carbonyl (C=O) groups excluding carboxylic acids is 1. The van der Waals surface area contributed by atoms with Gasteiger partial charge in [-0.1, -0.05) is 57.0 Å². The van der Waals surface area contributed by atoms with Crippen LogP contribution in [0.25, 0.3) is 0 Å². The highest BCUT2D eigenvalue weighted by atomic mass is 16.5. The van der Waals surface area contributed by atoms with Crippen molar-refractivity contribution in [2.45, 2.75) is 51.6 Å². The number of unbranched alkanes of at least 4 members (excludes halogenated alkanes) is 1. The Bertz CT molecular complexity index is 364. The van der Waals surface area contributed by atoms with Crippen LogP contribution in [0.2, 0.25) is 0 Å². The van der Waals surface area contributed by atoms with Crippen molar-refractivity contribution >= 4 is 5.97 Å². The van der Waals surface area contributed by atoms with E-state index in [2.05, 4.69) is 19.2 Å². The quantitative estimate of drug-likeness (QED) is 0.730. The summed E-state index contributed by atoms with van der Waals surface area (Å²) >= 11 is 0. The van der Waals surface area contributed by atoms with Gasteiger partial charge in [0.2, 0.25) is 0 Å². The molecule has 0 saturated carbocycles. The summed E-state index contributed by atoms with van der Waals surface area (Å²) in [5, 5.41) is 3.43. The van der Waals surface area contributed by atoms with Crippen molar-refractivity contribution < 1.29 is 9.53 Å². The second-order valence-electron chi connectivity index (χ2n) is 4.78. The lowest BCUT2D eigenvalue weighted by Crippen LogP contribution is -2.37. The predicted octanol–water partition coefficient (Wildman–Crippen LogP) is 3.46. The molecule has 1 rings (SSSR count). The molecule has 0 aromatic heterocycles. The van der Waals surface area contributed by atoms with E-state index in [4.69, 9.17) is 4.74 Å². The van der Waals surface area contributed by atoms with E-state index in [1.807, 2.05) is 30.3 Å². The summed E-state index contributed by atoms with van der Waals surface area (Å²) in [7, 11) is 1.44. The zero-order valence-corrected chi connectivity index (χ0v) is 12.2. The van der Waals surface area contributed by atoms with Gasteiger partial charge >= 0.3 is 5.97 Å². The number of rotatable bonds is 8. The molecule has 0 saturated heterocycles. The van der Waals surface area contributed by atoms with Gasteiger partial charge in [0.25, 0.3) is 0 Å². The third kappa shape index (κ3) is 5.03. The van der Waals surface area contributed by atoms with Crippen LogP contribution < -0.4 is 5.32 Å². The van der Waals surface area contributed by atoms with Crippen LogP contribution in [0.15, 0.2) is 30.3 Å². The number of nitrogens with one attached hydrogen (secondary N) is 1. The summed E-state index contributed by atoms with van der Waals surface area (Å²) < 4.78 is 4.92. The molecule has 1 aromatic carbocycles. The number of esters is 1. The van der Waals surface area contributed by atoms with Crippen LogP contribution in [0, 0.1) is 0 Å². The fourth-order valence-corrected chi connectivity index (χ4v) is 2.16. The lowest BCUT2D eigenvalue weighted by molar-refractivity contribution is -0.143. The summed E-state index contributed by atoms with van der Waals surface area (Å²) in [6.07, 6.45) is 4.45. The van der Waals surface area contributed by atoms with Crippen LogP contribution in [0.1, 0.15) is 51.1 Å². The van der Waals surface area contributed by atoms with E-state index in [0.29, 0.717) is 6.04 Å². The maximum Gasteiger partial charge on any atom is 0.327 e. The Hall–Kier alpha value is -1.35. The third-order valence-electron chi connectivity index (χ3n) is 3.37. The molecule has 0 aliphatic carbocycles. The molecule has 0 fully saturated rings. The van der Waals surface area contributed by atoms with Gasteiger partial charge in [0.15, 0.2) is 0 Å². The van der Waals surface area contributed by atoms with Gasteiger partial charge in [0, 0.05) is 6.04 Å². The molecule has 2 unspecified atom stereocenters. The van der Waals surface area contributed by atoms with Gasteiger partial charge in [-0.3, -0.25) is 5.32 Å². The van der Waals surface area contributed by atoms with Crippen molar-refractivity contribution in [1.82, 2.24) is 5.32 Å². The smallest absolute Gasteiger partial charge is 0.327 e. The number of carbonyl (C=O) groups is 1. The molecule has 3 nitrogen and oxygen atoms in total. The van der Waals surface area contributed by atoms with Crippen LogP contribution in [0.3, 0.4) is 0 Å². The predicted molar refractivity (Wildman–Crippen MR) is 77.9 cm³/mol. The van der Waals surface area contributed by atoms with Crippen LogP contribution in [0.5, 0.6) is 0 Å². The Morgan fingerprint density at radius 2 is 1.95 bits per heavy atom. The molecule has 0 spiro atoms. The van der Waals surface area contributed by atoms with Crippen molar-refractivity contribution in [3.05, 3.63) is 35.9 Å². The summed E-state index contributed by atoms with van der Waals surface area (Å²) in [6, 6.07) is 9.74. The summed E-state index contributed by atoms with van der Waals surface area (Å²) in [4.78, 5) is 12.0. The van der Waals surface area contributed by atoms with Gasteiger partial charge in [0.1, 0.15) is 6.04 Å². The van der Waals surface area contributed by atoms with E-state index in [1.54, 1.807) is 0 Å². The number of benzene rings is 1. The molecule has 1 aromatic rings. The standard InChI is InChI=1S/C16H25NO2/c1-4-6-12-14(5-2)17-15(16(18)19-3)13-10-8-7-9-11-13/h7-11,14-15,17H,4-6,12H2,1-3H3. The largest absolute Gasteiger partial charge is 0.468 e. The van der Waals surface area contributed by atoms with Gasteiger partial charge < -0.3 is 4.74 Å². The van der Waals surface area contributed by atoms with Gasteiger partial charge in [-0.25, -0.2) is 4.79 Å². The minimum atomic E-state index is -0.368. The number of ether oxygens (including phenoxy) is 1. The van der Waals surface area contributed by atoms with E-state index in [1.165, 1.54) is 20.0 Å². The van der Waals surface area contributed by atoms with Gasteiger partial charge in [-0.2, -0.15) is 0 Å². The summed E-state index contributed by atoms with van der Waals surface area (Å²) in [5.74, 6) is -0.221. The maximum atomic E-state index is 12.0. The van der Waals surface area contributed by atoms with E-state index >= 15 is 0 Å². The Kier molecular flexibility index (Phi) is 7.19. The molecule has 0 radical (unpaired) electrons. The SMILES string of the molecule is CCCCC(CC)NC(C(=O)OC)c1ccccc1. The van der Waals surface area contributed by atoms with E-state index in [-0.39, 0.29) is 12.0 Å². The molecular weight excluding hydrogens is 238 g/mol. The van der Waals surface area contributed by atoms with Gasteiger partial charge in [0.05, 0.1) is 7.11 Å². The molecule has 0 aliphatic rings. The first-order valence-electron chi connectivity index (χ1n) is 7.11. The average molecular weight is 263 g/mol. The molecular formula is C16H25NO2. The first-order valence-corrected chi connectivity index (χ1v) is 7.11. The fourth-order valence-electron chi connectivity index (χ4n) is 2.16. The highest BCUT2D eigenvalue weighted by Crippen LogP contribution is 2.17. The minimum Gasteiger partial charge on any atom is -0.468 e. The Balaban J connectivity index is 2.77.